The molecule has 0 aliphatic carbocycles. The Balaban J connectivity index is 2.85. The van der Waals surface area contributed by atoms with Gasteiger partial charge in [0.2, 0.25) is 0 Å². The third-order valence-electron chi connectivity index (χ3n) is 3.09. The quantitative estimate of drug-likeness (QED) is 0.563. The minimum absolute atomic E-state index is 0.00516. The van der Waals surface area contributed by atoms with Crippen LogP contribution in [-0.4, -0.2) is 99.7 Å². The molecule has 20 heavy (non-hydrogen) atoms. The van der Waals surface area contributed by atoms with Crippen molar-refractivity contribution in [3.8, 4) is 0 Å². The molecule has 1 fully saturated rings. The summed E-state index contributed by atoms with van der Waals surface area (Å²) < 4.78 is 0. The van der Waals surface area contributed by atoms with E-state index < -0.39 is 18.3 Å². The molecule has 0 saturated carbocycles. The van der Waals surface area contributed by atoms with Crippen molar-refractivity contribution in [2.75, 3.05) is 46.3 Å². The molecule has 1 aliphatic rings. The van der Waals surface area contributed by atoms with E-state index in [4.69, 9.17) is 15.3 Å². The summed E-state index contributed by atoms with van der Waals surface area (Å²) in [5.74, 6) is 0. The standard InChI is InChI=1S/C10H18N4O6/c1-11-2-3-12(8(15)16)4-5-13(9(17)18)6-7-14(11)10(19)20/h2-7H2,1H3,(H,15,16)(H,17,18)(H,19,20). The summed E-state index contributed by atoms with van der Waals surface area (Å²) in [5, 5.41) is 29.4. The lowest BCUT2D eigenvalue weighted by atomic mass is 10.4. The van der Waals surface area contributed by atoms with E-state index in [-0.39, 0.29) is 39.3 Å². The summed E-state index contributed by atoms with van der Waals surface area (Å²) in [7, 11) is 1.51. The Labute approximate surface area is 115 Å². The molecule has 10 heteroatoms. The predicted molar refractivity (Wildman–Crippen MR) is 66.6 cm³/mol. The largest absolute Gasteiger partial charge is 0.465 e. The van der Waals surface area contributed by atoms with Crippen LogP contribution in [0.2, 0.25) is 0 Å². The average Bonchev–Trinajstić information content (AvgIpc) is 2.35. The molecule has 3 N–H and O–H groups in total. The average molecular weight is 290 g/mol. The van der Waals surface area contributed by atoms with Crippen LogP contribution in [-0.2, 0) is 0 Å². The normalized spacial score (nSPS) is 18.8. The minimum atomic E-state index is -1.21. The molecule has 0 atom stereocenters. The van der Waals surface area contributed by atoms with Crippen LogP contribution in [0.3, 0.4) is 0 Å². The Morgan fingerprint density at radius 3 is 1.50 bits per heavy atom. The molecule has 0 aromatic carbocycles. The summed E-state index contributed by atoms with van der Waals surface area (Å²) in [5.41, 5.74) is 0. The van der Waals surface area contributed by atoms with E-state index in [1.807, 2.05) is 0 Å². The van der Waals surface area contributed by atoms with Crippen LogP contribution >= 0.6 is 0 Å². The molecule has 1 rings (SSSR count). The van der Waals surface area contributed by atoms with Gasteiger partial charge in [0.25, 0.3) is 0 Å². The monoisotopic (exact) mass is 290 g/mol. The molecule has 0 unspecified atom stereocenters. The maximum Gasteiger partial charge on any atom is 0.422 e. The molecular weight excluding hydrogens is 272 g/mol. The van der Waals surface area contributed by atoms with Crippen molar-refractivity contribution in [2.45, 2.75) is 0 Å². The first kappa shape index (κ1) is 15.8. The molecule has 1 heterocycles. The topological polar surface area (TPSA) is 125 Å². The maximum absolute atomic E-state index is 11.1. The first-order chi connectivity index (χ1) is 9.32. The fourth-order valence-corrected chi connectivity index (χ4v) is 1.86. The van der Waals surface area contributed by atoms with Crippen LogP contribution in [0.1, 0.15) is 0 Å². The molecule has 114 valence electrons. The molecule has 1 aliphatic heterocycles. The number of hydrogen-bond donors (Lipinski definition) is 3. The number of hydrogen-bond acceptors (Lipinski definition) is 4. The van der Waals surface area contributed by atoms with E-state index in [9.17, 15) is 14.4 Å². The molecule has 3 amide bonds. The lowest BCUT2D eigenvalue weighted by Crippen LogP contribution is -2.53. The number of nitrogens with zero attached hydrogens (tertiary/aromatic N) is 4. The first-order valence-corrected chi connectivity index (χ1v) is 6.00. The van der Waals surface area contributed by atoms with Gasteiger partial charge >= 0.3 is 18.3 Å². The summed E-state index contributed by atoms with van der Waals surface area (Å²) in [6.07, 6.45) is -3.57. The lowest BCUT2D eigenvalue weighted by Gasteiger charge is -2.34. The van der Waals surface area contributed by atoms with Crippen molar-refractivity contribution in [1.29, 1.82) is 0 Å². The molecule has 10 nitrogen and oxygen atoms in total. The van der Waals surface area contributed by atoms with Gasteiger partial charge in [0.15, 0.2) is 0 Å². The van der Waals surface area contributed by atoms with Crippen LogP contribution in [0, 0.1) is 0 Å². The van der Waals surface area contributed by atoms with Gasteiger partial charge in [-0.1, -0.05) is 0 Å². The fraction of sp³-hybridized carbons (Fsp3) is 0.700. The van der Waals surface area contributed by atoms with E-state index in [1.54, 1.807) is 0 Å². The number of carboxylic acid groups (broad SMARTS) is 3. The van der Waals surface area contributed by atoms with Crippen molar-refractivity contribution < 1.29 is 29.7 Å². The second-order valence-corrected chi connectivity index (χ2v) is 4.33. The van der Waals surface area contributed by atoms with Gasteiger partial charge < -0.3 is 25.1 Å². The highest BCUT2D eigenvalue weighted by Gasteiger charge is 2.24. The highest BCUT2D eigenvalue weighted by molar-refractivity contribution is 5.67. The molecular formula is C10H18N4O6. The third-order valence-corrected chi connectivity index (χ3v) is 3.09. The summed E-state index contributed by atoms with van der Waals surface area (Å²) >= 11 is 0. The number of carbonyl (C=O) groups is 3. The van der Waals surface area contributed by atoms with Gasteiger partial charge in [-0.3, -0.25) is 0 Å². The van der Waals surface area contributed by atoms with E-state index in [1.165, 1.54) is 12.1 Å². The van der Waals surface area contributed by atoms with Crippen molar-refractivity contribution in [3.63, 3.8) is 0 Å². The molecule has 0 spiro atoms. The fourth-order valence-electron chi connectivity index (χ4n) is 1.86. The second kappa shape index (κ2) is 6.80. The second-order valence-electron chi connectivity index (χ2n) is 4.33. The van der Waals surface area contributed by atoms with Crippen molar-refractivity contribution >= 4 is 18.3 Å². The van der Waals surface area contributed by atoms with Crippen LogP contribution < -0.4 is 0 Å². The van der Waals surface area contributed by atoms with Gasteiger partial charge in [0.1, 0.15) is 0 Å². The minimum Gasteiger partial charge on any atom is -0.465 e. The predicted octanol–water partition coefficient (Wildman–Crippen LogP) is -0.213. The zero-order valence-electron chi connectivity index (χ0n) is 11.1. The smallest absolute Gasteiger partial charge is 0.422 e. The molecule has 0 bridgehead atoms. The number of hydrazine groups is 1. The SMILES string of the molecule is CN1CCN(C(=O)O)CCN(C(=O)O)CCN1C(=O)O. The highest BCUT2D eigenvalue weighted by atomic mass is 16.4. The van der Waals surface area contributed by atoms with Gasteiger partial charge in [-0.25, -0.2) is 24.4 Å². The molecule has 1 saturated heterocycles. The lowest BCUT2D eigenvalue weighted by molar-refractivity contribution is -0.00445. The molecule has 0 radical (unpaired) electrons. The highest BCUT2D eigenvalue weighted by Crippen LogP contribution is 2.03. The van der Waals surface area contributed by atoms with Crippen molar-refractivity contribution in [1.82, 2.24) is 19.8 Å². The van der Waals surface area contributed by atoms with E-state index in [0.717, 1.165) is 14.8 Å². The van der Waals surface area contributed by atoms with Gasteiger partial charge in [-0.2, -0.15) is 0 Å². The Morgan fingerprint density at radius 2 is 1.10 bits per heavy atom. The van der Waals surface area contributed by atoms with Gasteiger partial charge in [-0.15, -0.1) is 0 Å². The van der Waals surface area contributed by atoms with Crippen LogP contribution in [0.5, 0.6) is 0 Å². The van der Waals surface area contributed by atoms with Crippen molar-refractivity contribution in [3.05, 3.63) is 0 Å². The summed E-state index contributed by atoms with van der Waals surface area (Å²) in [6, 6.07) is 0. The number of likely N-dealkylation sites (N-methyl/N-ethyl adjacent to an activating group) is 1. The zero-order chi connectivity index (χ0) is 15.3. The molecule has 0 aromatic rings. The van der Waals surface area contributed by atoms with E-state index in [2.05, 4.69) is 0 Å². The maximum atomic E-state index is 11.1. The van der Waals surface area contributed by atoms with Gasteiger partial charge in [0.05, 0.1) is 6.54 Å². The molecule has 0 aromatic heterocycles. The Kier molecular flexibility index (Phi) is 5.38. The number of rotatable bonds is 0. The van der Waals surface area contributed by atoms with Gasteiger partial charge in [-0.05, 0) is 0 Å². The Morgan fingerprint density at radius 1 is 0.700 bits per heavy atom. The first-order valence-electron chi connectivity index (χ1n) is 6.00. The van der Waals surface area contributed by atoms with Gasteiger partial charge in [0, 0.05) is 39.8 Å². The summed E-state index contributed by atoms with van der Waals surface area (Å²) in [6.45, 7) is 0.376. The van der Waals surface area contributed by atoms with Crippen LogP contribution in [0.25, 0.3) is 0 Å². The van der Waals surface area contributed by atoms with Crippen molar-refractivity contribution in [2.24, 2.45) is 0 Å². The Bertz CT molecular complexity index is 390. The third kappa shape index (κ3) is 4.16. The zero-order valence-corrected chi connectivity index (χ0v) is 11.1. The summed E-state index contributed by atoms with van der Waals surface area (Å²) in [4.78, 5) is 35.2. The van der Waals surface area contributed by atoms with Crippen LogP contribution in [0.4, 0.5) is 14.4 Å². The van der Waals surface area contributed by atoms with E-state index >= 15 is 0 Å². The van der Waals surface area contributed by atoms with Crippen LogP contribution in [0.15, 0.2) is 0 Å². The Hall–Kier alpha value is -2.23. The number of amides is 3. The van der Waals surface area contributed by atoms with E-state index in [0.29, 0.717) is 0 Å².